The van der Waals surface area contributed by atoms with Crippen LogP contribution in [0.3, 0.4) is 0 Å². The van der Waals surface area contributed by atoms with Crippen LogP contribution in [0.25, 0.3) is 0 Å². The molecule has 1 aromatic carbocycles. The van der Waals surface area contributed by atoms with Gasteiger partial charge in [0.05, 0.1) is 7.11 Å². The average Bonchev–Trinajstić information content (AvgIpc) is 2.38. The molecule has 4 heteroatoms. The monoisotopic (exact) mass is 249 g/mol. The Hall–Kier alpha value is -1.55. The Morgan fingerprint density at radius 1 is 1.50 bits per heavy atom. The molecule has 2 unspecified atom stereocenters. The highest BCUT2D eigenvalue weighted by Gasteiger charge is 2.19. The molecule has 18 heavy (non-hydrogen) atoms. The number of benzene rings is 1. The topological polar surface area (TPSA) is 61.5 Å². The molecule has 1 aliphatic rings. The molecule has 0 bridgehead atoms. The van der Waals surface area contributed by atoms with Crippen LogP contribution < -0.4 is 10.5 Å². The van der Waals surface area contributed by atoms with Crippen LogP contribution in [0.2, 0.25) is 0 Å². The normalized spacial score (nSPS) is 19.8. The van der Waals surface area contributed by atoms with E-state index in [-0.39, 0.29) is 12.0 Å². The van der Waals surface area contributed by atoms with Crippen molar-refractivity contribution in [3.8, 4) is 5.75 Å². The molecule has 0 saturated carbocycles. The molecule has 0 aliphatic heterocycles. The van der Waals surface area contributed by atoms with Gasteiger partial charge < -0.3 is 15.2 Å². The van der Waals surface area contributed by atoms with Gasteiger partial charge in [0.2, 0.25) is 0 Å². The molecule has 1 aliphatic carbocycles. The van der Waals surface area contributed by atoms with Gasteiger partial charge in [0.1, 0.15) is 5.75 Å². The molecular weight excluding hydrogens is 230 g/mol. The highest BCUT2D eigenvalue weighted by atomic mass is 16.6. The number of esters is 1. The molecule has 0 amide bonds. The SMILES string of the molecule is COC(=O)C(C)Oc1ccc2c(c1)C(N)CCC2. The Labute approximate surface area is 107 Å². The fourth-order valence-corrected chi connectivity index (χ4v) is 2.31. The van der Waals surface area contributed by atoms with E-state index < -0.39 is 6.10 Å². The van der Waals surface area contributed by atoms with Gasteiger partial charge in [0.15, 0.2) is 6.10 Å². The molecule has 1 aromatic rings. The van der Waals surface area contributed by atoms with E-state index in [0.29, 0.717) is 5.75 Å². The van der Waals surface area contributed by atoms with Gasteiger partial charge in [0.25, 0.3) is 0 Å². The Morgan fingerprint density at radius 3 is 3.00 bits per heavy atom. The van der Waals surface area contributed by atoms with Gasteiger partial charge in [0, 0.05) is 6.04 Å². The molecule has 4 nitrogen and oxygen atoms in total. The predicted molar refractivity (Wildman–Crippen MR) is 68.4 cm³/mol. The molecule has 2 atom stereocenters. The van der Waals surface area contributed by atoms with E-state index in [2.05, 4.69) is 4.74 Å². The summed E-state index contributed by atoms with van der Waals surface area (Å²) in [5.41, 5.74) is 8.50. The highest BCUT2D eigenvalue weighted by molar-refractivity contribution is 5.74. The number of aryl methyl sites for hydroxylation is 1. The van der Waals surface area contributed by atoms with Crippen molar-refractivity contribution in [1.29, 1.82) is 0 Å². The summed E-state index contributed by atoms with van der Waals surface area (Å²) < 4.78 is 10.2. The van der Waals surface area contributed by atoms with Gasteiger partial charge >= 0.3 is 5.97 Å². The molecular formula is C14H19NO3. The quantitative estimate of drug-likeness (QED) is 0.832. The minimum absolute atomic E-state index is 0.0748. The van der Waals surface area contributed by atoms with Crippen LogP contribution >= 0.6 is 0 Å². The fourth-order valence-electron chi connectivity index (χ4n) is 2.31. The maximum Gasteiger partial charge on any atom is 0.346 e. The zero-order chi connectivity index (χ0) is 13.1. The standard InChI is InChI=1S/C14H19NO3/c1-9(14(16)17-2)18-11-7-6-10-4-3-5-13(15)12(10)8-11/h6-9,13H,3-5,15H2,1-2H3. The molecule has 0 radical (unpaired) electrons. The highest BCUT2D eigenvalue weighted by Crippen LogP contribution is 2.31. The first-order valence-corrected chi connectivity index (χ1v) is 6.24. The van der Waals surface area contributed by atoms with Gasteiger partial charge in [-0.2, -0.15) is 0 Å². The third kappa shape index (κ3) is 2.64. The first-order valence-electron chi connectivity index (χ1n) is 6.24. The molecule has 0 spiro atoms. The van der Waals surface area contributed by atoms with Crippen molar-refractivity contribution in [2.75, 3.05) is 7.11 Å². The number of nitrogens with two attached hydrogens (primary N) is 1. The number of carbonyl (C=O) groups is 1. The molecule has 2 N–H and O–H groups in total. The largest absolute Gasteiger partial charge is 0.479 e. The van der Waals surface area contributed by atoms with Gasteiger partial charge in [-0.25, -0.2) is 4.79 Å². The number of rotatable bonds is 3. The first-order chi connectivity index (χ1) is 8.61. The Balaban J connectivity index is 2.15. The van der Waals surface area contributed by atoms with Crippen molar-refractivity contribution < 1.29 is 14.3 Å². The van der Waals surface area contributed by atoms with Gasteiger partial charge in [-0.15, -0.1) is 0 Å². The number of hydrogen-bond donors (Lipinski definition) is 1. The number of hydrogen-bond acceptors (Lipinski definition) is 4. The maximum absolute atomic E-state index is 11.3. The van der Waals surface area contributed by atoms with Crippen LogP contribution in [-0.2, 0) is 16.0 Å². The average molecular weight is 249 g/mol. The Kier molecular flexibility index (Phi) is 3.87. The van der Waals surface area contributed by atoms with Crippen LogP contribution in [0.1, 0.15) is 36.9 Å². The minimum atomic E-state index is -0.604. The number of carbonyl (C=O) groups excluding carboxylic acids is 1. The summed E-state index contributed by atoms with van der Waals surface area (Å²) in [6.45, 7) is 1.67. The summed E-state index contributed by atoms with van der Waals surface area (Å²) in [6, 6.07) is 5.94. The van der Waals surface area contributed by atoms with E-state index in [4.69, 9.17) is 10.5 Å². The zero-order valence-corrected chi connectivity index (χ0v) is 10.8. The molecule has 0 saturated heterocycles. The third-order valence-electron chi connectivity index (χ3n) is 3.32. The van der Waals surface area contributed by atoms with E-state index in [0.717, 1.165) is 24.8 Å². The number of fused-ring (bicyclic) bond motifs is 1. The van der Waals surface area contributed by atoms with Crippen molar-refractivity contribution in [1.82, 2.24) is 0 Å². The van der Waals surface area contributed by atoms with Crippen molar-refractivity contribution in [2.45, 2.75) is 38.3 Å². The van der Waals surface area contributed by atoms with Crippen LogP contribution in [0.5, 0.6) is 5.75 Å². The lowest BCUT2D eigenvalue weighted by atomic mass is 9.88. The Morgan fingerprint density at radius 2 is 2.28 bits per heavy atom. The maximum atomic E-state index is 11.3. The molecule has 0 heterocycles. The second kappa shape index (κ2) is 5.40. The smallest absolute Gasteiger partial charge is 0.346 e. The van der Waals surface area contributed by atoms with Crippen molar-refractivity contribution in [3.05, 3.63) is 29.3 Å². The lowest BCUT2D eigenvalue weighted by Crippen LogP contribution is -2.25. The molecule has 0 fully saturated rings. The van der Waals surface area contributed by atoms with Gasteiger partial charge in [-0.05, 0) is 49.4 Å². The van der Waals surface area contributed by atoms with Crippen molar-refractivity contribution in [3.63, 3.8) is 0 Å². The van der Waals surface area contributed by atoms with E-state index in [1.165, 1.54) is 12.7 Å². The number of ether oxygens (including phenoxy) is 2. The van der Waals surface area contributed by atoms with E-state index in [9.17, 15) is 4.79 Å². The van der Waals surface area contributed by atoms with E-state index in [1.54, 1.807) is 6.92 Å². The predicted octanol–water partition coefficient (Wildman–Crippen LogP) is 1.96. The lowest BCUT2D eigenvalue weighted by Gasteiger charge is -2.23. The summed E-state index contributed by atoms with van der Waals surface area (Å²) in [5, 5.41) is 0. The van der Waals surface area contributed by atoms with Crippen molar-refractivity contribution >= 4 is 5.97 Å². The summed E-state index contributed by atoms with van der Waals surface area (Å²) in [4.78, 5) is 11.3. The molecule has 0 aromatic heterocycles. The van der Waals surface area contributed by atoms with Gasteiger partial charge in [-0.3, -0.25) is 0 Å². The third-order valence-corrected chi connectivity index (χ3v) is 3.32. The second-order valence-electron chi connectivity index (χ2n) is 4.64. The number of methoxy groups -OCH3 is 1. The minimum Gasteiger partial charge on any atom is -0.479 e. The van der Waals surface area contributed by atoms with Gasteiger partial charge in [-0.1, -0.05) is 6.07 Å². The first kappa shape index (κ1) is 12.9. The molecule has 98 valence electrons. The summed E-state index contributed by atoms with van der Waals surface area (Å²) in [7, 11) is 1.35. The zero-order valence-electron chi connectivity index (χ0n) is 10.8. The second-order valence-corrected chi connectivity index (χ2v) is 4.64. The fraction of sp³-hybridized carbons (Fsp3) is 0.500. The Bertz CT molecular complexity index is 445. The molecule has 2 rings (SSSR count). The lowest BCUT2D eigenvalue weighted by molar-refractivity contribution is -0.147. The summed E-state index contributed by atoms with van der Waals surface area (Å²) in [6.07, 6.45) is 2.60. The van der Waals surface area contributed by atoms with E-state index in [1.807, 2.05) is 18.2 Å². The van der Waals surface area contributed by atoms with Crippen molar-refractivity contribution in [2.24, 2.45) is 5.73 Å². The van der Waals surface area contributed by atoms with Crippen LogP contribution in [0.4, 0.5) is 0 Å². The van der Waals surface area contributed by atoms with Crippen LogP contribution in [0, 0.1) is 0 Å². The summed E-state index contributed by atoms with van der Waals surface area (Å²) in [5.74, 6) is 0.293. The van der Waals surface area contributed by atoms with Crippen LogP contribution in [0.15, 0.2) is 18.2 Å². The summed E-state index contributed by atoms with van der Waals surface area (Å²) >= 11 is 0. The van der Waals surface area contributed by atoms with E-state index >= 15 is 0 Å². The van der Waals surface area contributed by atoms with Crippen LogP contribution in [-0.4, -0.2) is 19.2 Å².